The fourth-order valence-corrected chi connectivity index (χ4v) is 2.22. The van der Waals surface area contributed by atoms with Crippen LogP contribution in [0, 0.1) is 17.6 Å². The van der Waals surface area contributed by atoms with Crippen LogP contribution in [0.5, 0.6) is 0 Å². The highest BCUT2D eigenvalue weighted by Gasteiger charge is 2.15. The van der Waals surface area contributed by atoms with E-state index in [-0.39, 0.29) is 24.3 Å². The summed E-state index contributed by atoms with van der Waals surface area (Å²) >= 11 is 0. The van der Waals surface area contributed by atoms with Crippen LogP contribution in [-0.2, 0) is 11.2 Å². The molecule has 1 aliphatic heterocycles. The fraction of sp³-hybridized carbons (Fsp3) is 0.500. The maximum absolute atomic E-state index is 13.3. The lowest BCUT2D eigenvalue weighted by atomic mass is 10.1. The molecule has 0 aliphatic carbocycles. The van der Waals surface area contributed by atoms with E-state index in [1.54, 1.807) is 0 Å². The predicted octanol–water partition coefficient (Wildman–Crippen LogP) is 1.62. The molecule has 19 heavy (non-hydrogen) atoms. The average molecular weight is 268 g/mol. The molecule has 2 N–H and O–H groups in total. The molecule has 1 aromatic rings. The highest BCUT2D eigenvalue weighted by atomic mass is 19.1. The van der Waals surface area contributed by atoms with E-state index in [1.807, 2.05) is 0 Å². The highest BCUT2D eigenvalue weighted by Crippen LogP contribution is 2.12. The molecule has 3 nitrogen and oxygen atoms in total. The molecule has 5 heteroatoms. The molecule has 1 unspecified atom stereocenters. The number of carbonyl (C=O) groups excluding carboxylic acids is 1. The molecule has 1 fully saturated rings. The van der Waals surface area contributed by atoms with Crippen LogP contribution in [0.4, 0.5) is 8.78 Å². The summed E-state index contributed by atoms with van der Waals surface area (Å²) in [5.41, 5.74) is 0.248. The van der Waals surface area contributed by atoms with E-state index in [0.717, 1.165) is 37.7 Å². The van der Waals surface area contributed by atoms with Gasteiger partial charge >= 0.3 is 0 Å². The number of nitrogens with one attached hydrogen (secondary N) is 2. The lowest BCUT2D eigenvalue weighted by Gasteiger charge is -2.10. The number of benzene rings is 1. The Balaban J connectivity index is 1.74. The molecule has 1 saturated heterocycles. The summed E-state index contributed by atoms with van der Waals surface area (Å²) in [6.45, 7) is 2.57. The van der Waals surface area contributed by atoms with Gasteiger partial charge in [0.05, 0.1) is 0 Å². The van der Waals surface area contributed by atoms with E-state index in [4.69, 9.17) is 0 Å². The maximum atomic E-state index is 13.3. The molecule has 1 heterocycles. The molecule has 104 valence electrons. The third kappa shape index (κ3) is 4.28. The van der Waals surface area contributed by atoms with Crippen molar-refractivity contribution in [2.24, 2.45) is 5.92 Å². The van der Waals surface area contributed by atoms with Crippen molar-refractivity contribution in [1.29, 1.82) is 0 Å². The third-order valence-corrected chi connectivity index (χ3v) is 3.38. The zero-order chi connectivity index (χ0) is 13.7. The van der Waals surface area contributed by atoms with E-state index < -0.39 is 11.6 Å². The molecular formula is C14H18F2N2O. The summed E-state index contributed by atoms with van der Waals surface area (Å²) in [5.74, 6) is -0.576. The lowest BCUT2D eigenvalue weighted by Crippen LogP contribution is -2.30. The molecule has 1 atom stereocenters. The number of rotatable bonds is 5. The van der Waals surface area contributed by atoms with Gasteiger partial charge in [0.2, 0.25) is 5.91 Å². The molecule has 0 saturated carbocycles. The van der Waals surface area contributed by atoms with Gasteiger partial charge in [-0.05, 0) is 55.6 Å². The first kappa shape index (κ1) is 13.9. The first-order valence-electron chi connectivity index (χ1n) is 6.56. The van der Waals surface area contributed by atoms with Crippen LogP contribution in [0.3, 0.4) is 0 Å². The normalized spacial score (nSPS) is 18.5. The number of hydrogen-bond donors (Lipinski definition) is 2. The molecule has 0 aromatic heterocycles. The van der Waals surface area contributed by atoms with Crippen molar-refractivity contribution in [1.82, 2.24) is 10.6 Å². The Morgan fingerprint density at radius 3 is 3.00 bits per heavy atom. The second kappa shape index (κ2) is 6.61. The average Bonchev–Trinajstić information content (AvgIpc) is 2.90. The summed E-state index contributed by atoms with van der Waals surface area (Å²) in [4.78, 5) is 11.6. The van der Waals surface area contributed by atoms with E-state index >= 15 is 0 Å². The van der Waals surface area contributed by atoms with Crippen molar-refractivity contribution in [2.75, 3.05) is 19.6 Å². The maximum Gasteiger partial charge on any atom is 0.220 e. The zero-order valence-electron chi connectivity index (χ0n) is 10.7. The number of aryl methyl sites for hydroxylation is 1. The van der Waals surface area contributed by atoms with Crippen molar-refractivity contribution >= 4 is 5.91 Å². The Hall–Kier alpha value is -1.49. The van der Waals surface area contributed by atoms with Crippen LogP contribution >= 0.6 is 0 Å². The molecule has 1 aromatic carbocycles. The summed E-state index contributed by atoms with van der Waals surface area (Å²) in [7, 11) is 0. The number of carbonyl (C=O) groups is 1. The Morgan fingerprint density at radius 2 is 2.26 bits per heavy atom. The standard InChI is InChI=1S/C14H18F2N2O/c15-12-2-3-13(16)11(7-12)1-4-14(19)18-9-10-5-6-17-8-10/h2-3,7,10,17H,1,4-6,8-9H2,(H,18,19). The molecule has 1 aliphatic rings. The van der Waals surface area contributed by atoms with Crippen LogP contribution in [0.15, 0.2) is 18.2 Å². The summed E-state index contributed by atoms with van der Waals surface area (Å²) < 4.78 is 26.3. The van der Waals surface area contributed by atoms with Gasteiger partial charge in [0, 0.05) is 13.0 Å². The summed E-state index contributed by atoms with van der Waals surface area (Å²) in [5, 5.41) is 6.06. The highest BCUT2D eigenvalue weighted by molar-refractivity contribution is 5.76. The van der Waals surface area contributed by atoms with Gasteiger partial charge in [0.15, 0.2) is 0 Å². The second-order valence-corrected chi connectivity index (χ2v) is 4.90. The molecular weight excluding hydrogens is 250 g/mol. The van der Waals surface area contributed by atoms with Crippen molar-refractivity contribution in [3.05, 3.63) is 35.4 Å². The van der Waals surface area contributed by atoms with E-state index in [9.17, 15) is 13.6 Å². The molecule has 0 spiro atoms. The molecule has 0 bridgehead atoms. The largest absolute Gasteiger partial charge is 0.356 e. The monoisotopic (exact) mass is 268 g/mol. The Bertz CT molecular complexity index is 445. The first-order chi connectivity index (χ1) is 9.15. The topological polar surface area (TPSA) is 41.1 Å². The van der Waals surface area contributed by atoms with Gasteiger partial charge in [0.25, 0.3) is 0 Å². The summed E-state index contributed by atoms with van der Waals surface area (Å²) in [6, 6.07) is 3.31. The Morgan fingerprint density at radius 1 is 1.42 bits per heavy atom. The van der Waals surface area contributed by atoms with Gasteiger partial charge in [-0.25, -0.2) is 8.78 Å². The van der Waals surface area contributed by atoms with Crippen LogP contribution < -0.4 is 10.6 Å². The third-order valence-electron chi connectivity index (χ3n) is 3.38. The van der Waals surface area contributed by atoms with E-state index in [2.05, 4.69) is 10.6 Å². The smallest absolute Gasteiger partial charge is 0.220 e. The second-order valence-electron chi connectivity index (χ2n) is 4.90. The zero-order valence-corrected chi connectivity index (χ0v) is 10.7. The van der Waals surface area contributed by atoms with Gasteiger partial charge in [-0.15, -0.1) is 0 Å². The number of halogens is 2. The predicted molar refractivity (Wildman–Crippen MR) is 68.7 cm³/mol. The SMILES string of the molecule is O=C(CCc1cc(F)ccc1F)NCC1CCNC1. The van der Waals surface area contributed by atoms with Crippen LogP contribution in [-0.4, -0.2) is 25.5 Å². The minimum Gasteiger partial charge on any atom is -0.356 e. The van der Waals surface area contributed by atoms with Gasteiger partial charge < -0.3 is 10.6 Å². The van der Waals surface area contributed by atoms with Gasteiger partial charge in [-0.1, -0.05) is 0 Å². The Labute approximate surface area is 111 Å². The van der Waals surface area contributed by atoms with E-state index in [0.29, 0.717) is 12.5 Å². The minimum atomic E-state index is -0.478. The van der Waals surface area contributed by atoms with Crippen LogP contribution in [0.1, 0.15) is 18.4 Å². The first-order valence-corrected chi connectivity index (χ1v) is 6.56. The van der Waals surface area contributed by atoms with Crippen molar-refractivity contribution in [2.45, 2.75) is 19.3 Å². The van der Waals surface area contributed by atoms with Crippen LogP contribution in [0.2, 0.25) is 0 Å². The minimum absolute atomic E-state index is 0.115. The fourth-order valence-electron chi connectivity index (χ4n) is 2.22. The summed E-state index contributed by atoms with van der Waals surface area (Å²) in [6.07, 6.45) is 1.47. The molecule has 2 rings (SSSR count). The molecule has 1 amide bonds. The number of amides is 1. The lowest BCUT2D eigenvalue weighted by molar-refractivity contribution is -0.121. The van der Waals surface area contributed by atoms with Crippen molar-refractivity contribution in [3.8, 4) is 0 Å². The van der Waals surface area contributed by atoms with Gasteiger partial charge in [-0.3, -0.25) is 4.79 Å². The van der Waals surface area contributed by atoms with Crippen LogP contribution in [0.25, 0.3) is 0 Å². The van der Waals surface area contributed by atoms with Gasteiger partial charge in [-0.2, -0.15) is 0 Å². The quantitative estimate of drug-likeness (QED) is 0.852. The number of hydrogen-bond acceptors (Lipinski definition) is 2. The van der Waals surface area contributed by atoms with Gasteiger partial charge in [0.1, 0.15) is 11.6 Å². The van der Waals surface area contributed by atoms with Crippen molar-refractivity contribution in [3.63, 3.8) is 0 Å². The van der Waals surface area contributed by atoms with E-state index in [1.165, 1.54) is 0 Å². The Kier molecular flexibility index (Phi) is 4.85. The van der Waals surface area contributed by atoms with Crippen molar-refractivity contribution < 1.29 is 13.6 Å². The molecule has 0 radical (unpaired) electrons.